The smallest absolute Gasteiger partial charge is 0.254 e. The van der Waals surface area contributed by atoms with E-state index in [9.17, 15) is 8.78 Å². The summed E-state index contributed by atoms with van der Waals surface area (Å²) in [5.41, 5.74) is 2.52. The summed E-state index contributed by atoms with van der Waals surface area (Å²) in [6, 6.07) is 3.71. The van der Waals surface area contributed by atoms with Crippen molar-refractivity contribution in [1.29, 1.82) is 0 Å². The molecule has 3 aromatic heterocycles. The molecule has 3 heterocycles. The largest absolute Gasteiger partial charge is 0.469 e. The lowest BCUT2D eigenvalue weighted by molar-refractivity contribution is -0.0457. The van der Waals surface area contributed by atoms with Crippen LogP contribution in [0.5, 0.6) is 5.88 Å². The first-order valence-electron chi connectivity index (χ1n) is 10.0. The van der Waals surface area contributed by atoms with Gasteiger partial charge in [0.1, 0.15) is 6.33 Å². The van der Waals surface area contributed by atoms with Gasteiger partial charge in [-0.05, 0) is 45.1 Å². The van der Waals surface area contributed by atoms with Crippen molar-refractivity contribution in [2.45, 2.75) is 58.5 Å². The van der Waals surface area contributed by atoms with Gasteiger partial charge >= 0.3 is 0 Å². The van der Waals surface area contributed by atoms with Gasteiger partial charge in [0, 0.05) is 31.6 Å². The Morgan fingerprint density at radius 2 is 1.90 bits per heavy atom. The molecule has 4 rings (SSSR count). The first-order chi connectivity index (χ1) is 14.3. The van der Waals surface area contributed by atoms with E-state index in [0.717, 1.165) is 17.1 Å². The van der Waals surface area contributed by atoms with Gasteiger partial charge in [0.2, 0.25) is 11.8 Å². The highest BCUT2D eigenvalue weighted by Crippen LogP contribution is 2.37. The summed E-state index contributed by atoms with van der Waals surface area (Å²) in [5.74, 6) is -1.04. The minimum Gasteiger partial charge on any atom is -0.469 e. The molecule has 0 unspecified atom stereocenters. The fourth-order valence-electron chi connectivity index (χ4n) is 3.75. The Hall–Kier alpha value is -2.91. The number of alkyl halides is 2. The molecule has 0 aromatic carbocycles. The van der Waals surface area contributed by atoms with Crippen molar-refractivity contribution in [3.8, 4) is 11.8 Å². The van der Waals surface area contributed by atoms with Crippen LogP contribution in [0.4, 0.5) is 8.78 Å². The van der Waals surface area contributed by atoms with Crippen LogP contribution >= 0.6 is 0 Å². The quantitative estimate of drug-likeness (QED) is 0.612. The molecule has 1 saturated carbocycles. The van der Waals surface area contributed by atoms with Crippen LogP contribution in [-0.4, -0.2) is 40.4 Å². The van der Waals surface area contributed by atoms with E-state index >= 15 is 0 Å². The second-order valence-electron chi connectivity index (χ2n) is 7.96. The molecule has 1 aliphatic carbocycles. The predicted octanol–water partition coefficient (Wildman–Crippen LogP) is 3.35. The van der Waals surface area contributed by atoms with E-state index < -0.39 is 5.92 Å². The zero-order chi connectivity index (χ0) is 21.3. The van der Waals surface area contributed by atoms with Gasteiger partial charge in [0.05, 0.1) is 11.4 Å². The number of hydrogen-bond donors (Lipinski definition) is 0. The summed E-state index contributed by atoms with van der Waals surface area (Å²) in [7, 11) is 1.79. The summed E-state index contributed by atoms with van der Waals surface area (Å²) < 4.78 is 36.1. The molecule has 1 aliphatic rings. The summed E-state index contributed by atoms with van der Waals surface area (Å²) in [6.45, 7) is 4.00. The number of rotatable bonds is 6. The molecule has 0 radical (unpaired) electrons. The van der Waals surface area contributed by atoms with Crippen molar-refractivity contribution in [3.63, 3.8) is 0 Å². The Balaban J connectivity index is 1.58. The van der Waals surface area contributed by atoms with E-state index in [0.29, 0.717) is 36.9 Å². The average Bonchev–Trinajstić information content (AvgIpc) is 3.26. The van der Waals surface area contributed by atoms with Crippen molar-refractivity contribution in [3.05, 3.63) is 41.4 Å². The van der Waals surface area contributed by atoms with E-state index in [1.165, 1.54) is 0 Å². The molecule has 0 aliphatic heterocycles. The minimum absolute atomic E-state index is 0.0677. The zero-order valence-corrected chi connectivity index (χ0v) is 17.3. The van der Waals surface area contributed by atoms with Crippen LogP contribution in [0.3, 0.4) is 0 Å². The van der Waals surface area contributed by atoms with Crippen LogP contribution < -0.4 is 4.74 Å². The molecule has 0 bridgehead atoms. The maximum absolute atomic E-state index is 13.5. The number of nitrogens with zero attached hydrogens (tertiary/aromatic N) is 7. The number of hydrogen-bond acceptors (Lipinski definition) is 6. The lowest BCUT2D eigenvalue weighted by Gasteiger charge is -2.28. The van der Waals surface area contributed by atoms with E-state index in [2.05, 4.69) is 25.1 Å². The highest BCUT2D eigenvalue weighted by Gasteiger charge is 2.35. The van der Waals surface area contributed by atoms with E-state index in [1.54, 1.807) is 28.8 Å². The third kappa shape index (κ3) is 4.80. The summed E-state index contributed by atoms with van der Waals surface area (Å²) in [4.78, 5) is 13.3. The Bertz CT molecular complexity index is 1020. The molecule has 1 fully saturated rings. The summed E-state index contributed by atoms with van der Waals surface area (Å²) in [5, 5.41) is 8.66. The van der Waals surface area contributed by atoms with Gasteiger partial charge in [-0.3, -0.25) is 4.68 Å². The predicted molar refractivity (Wildman–Crippen MR) is 105 cm³/mol. The molecule has 0 spiro atoms. The molecule has 0 N–H and O–H groups in total. The van der Waals surface area contributed by atoms with Crippen molar-refractivity contribution >= 4 is 0 Å². The zero-order valence-electron chi connectivity index (χ0n) is 17.3. The van der Waals surface area contributed by atoms with E-state index in [4.69, 9.17) is 4.74 Å². The lowest BCUT2D eigenvalue weighted by atomic mass is 9.84. The first-order valence-corrected chi connectivity index (χ1v) is 10.0. The normalized spacial score (nSPS) is 16.7. The highest BCUT2D eigenvalue weighted by atomic mass is 19.3. The van der Waals surface area contributed by atoms with Gasteiger partial charge in [-0.2, -0.15) is 15.2 Å². The number of aromatic nitrogens is 7. The van der Waals surface area contributed by atoms with Gasteiger partial charge in [-0.25, -0.2) is 23.4 Å². The van der Waals surface area contributed by atoms with Crippen LogP contribution in [0.2, 0.25) is 0 Å². The molecular formula is C20H25F2N7O. The van der Waals surface area contributed by atoms with Gasteiger partial charge in [-0.15, -0.1) is 0 Å². The van der Waals surface area contributed by atoms with Gasteiger partial charge in [0.25, 0.3) is 5.95 Å². The third-order valence-corrected chi connectivity index (χ3v) is 5.27. The Morgan fingerprint density at radius 1 is 1.13 bits per heavy atom. The fourth-order valence-corrected chi connectivity index (χ4v) is 3.75. The maximum atomic E-state index is 13.5. The van der Waals surface area contributed by atoms with E-state index in [-0.39, 0.29) is 25.4 Å². The first kappa shape index (κ1) is 20.4. The van der Waals surface area contributed by atoms with Crippen molar-refractivity contribution < 1.29 is 13.5 Å². The average molecular weight is 417 g/mol. The minimum atomic E-state index is -2.54. The highest BCUT2D eigenvalue weighted by molar-refractivity contribution is 5.26. The van der Waals surface area contributed by atoms with Gasteiger partial charge in [-0.1, -0.05) is 0 Å². The fraction of sp³-hybridized carbons (Fsp3) is 0.550. The Kier molecular flexibility index (Phi) is 5.48. The standard InChI is InChI=1S/C20H25F2N7O/c1-13-8-14(2)29(26-13)19-24-16(9-15-4-6-20(21,22)7-5-15)10-18(25-19)30-11-17-23-12-28(3)27-17/h8,10,12,15H,4-7,9,11H2,1-3H3. The molecule has 0 atom stereocenters. The van der Waals surface area contributed by atoms with Crippen molar-refractivity contribution in [2.75, 3.05) is 0 Å². The molecular weight excluding hydrogens is 392 g/mol. The summed E-state index contributed by atoms with van der Waals surface area (Å²) in [6.07, 6.45) is 3.04. The molecule has 0 amide bonds. The maximum Gasteiger partial charge on any atom is 0.254 e. The van der Waals surface area contributed by atoms with Gasteiger partial charge in [0.15, 0.2) is 12.4 Å². The van der Waals surface area contributed by atoms with Gasteiger partial charge < -0.3 is 4.74 Å². The number of halogens is 2. The molecule has 0 saturated heterocycles. The molecule has 3 aromatic rings. The topological polar surface area (TPSA) is 83.5 Å². The SMILES string of the molecule is Cc1cc(C)n(-c2nc(CC3CCC(F)(F)CC3)cc(OCc3ncn(C)n3)n2)n1. The molecule has 30 heavy (non-hydrogen) atoms. The van der Waals surface area contributed by atoms with Crippen molar-refractivity contribution in [1.82, 2.24) is 34.5 Å². The van der Waals surface area contributed by atoms with Crippen molar-refractivity contribution in [2.24, 2.45) is 13.0 Å². The third-order valence-electron chi connectivity index (χ3n) is 5.27. The molecule has 8 nitrogen and oxygen atoms in total. The monoisotopic (exact) mass is 417 g/mol. The Morgan fingerprint density at radius 3 is 2.53 bits per heavy atom. The van der Waals surface area contributed by atoms with Crippen LogP contribution in [0.25, 0.3) is 5.95 Å². The lowest BCUT2D eigenvalue weighted by Crippen LogP contribution is -2.25. The van der Waals surface area contributed by atoms with Crippen LogP contribution in [0.1, 0.15) is 48.6 Å². The van der Waals surface area contributed by atoms with Crippen LogP contribution in [0.15, 0.2) is 18.5 Å². The number of ether oxygens (including phenoxy) is 1. The Labute approximate surface area is 173 Å². The molecule has 10 heteroatoms. The van der Waals surface area contributed by atoms with Crippen LogP contribution in [-0.2, 0) is 20.1 Å². The second kappa shape index (κ2) is 8.08. The van der Waals surface area contributed by atoms with Crippen LogP contribution in [0, 0.1) is 19.8 Å². The molecule has 160 valence electrons. The summed E-state index contributed by atoms with van der Waals surface area (Å²) >= 11 is 0. The van der Waals surface area contributed by atoms with E-state index in [1.807, 2.05) is 19.9 Å². The second-order valence-corrected chi connectivity index (χ2v) is 7.96. The number of aryl methyl sites for hydroxylation is 3.